The van der Waals surface area contributed by atoms with Crippen LogP contribution in [-0.4, -0.2) is 0 Å². The van der Waals surface area contributed by atoms with Crippen molar-refractivity contribution in [1.29, 1.82) is 0 Å². The average Bonchev–Trinajstić information content (AvgIpc) is 2.35. The predicted molar refractivity (Wildman–Crippen MR) is 77.7 cm³/mol. The van der Waals surface area contributed by atoms with Crippen LogP contribution in [0.4, 0.5) is 0 Å². The van der Waals surface area contributed by atoms with Crippen molar-refractivity contribution in [2.75, 3.05) is 0 Å². The van der Waals surface area contributed by atoms with Gasteiger partial charge >= 0.3 is 0 Å². The summed E-state index contributed by atoms with van der Waals surface area (Å²) in [6.45, 7) is 4.47. The second-order valence-electron chi connectivity index (χ2n) is 4.47. The molecule has 0 aromatic heterocycles. The van der Waals surface area contributed by atoms with Crippen molar-refractivity contribution in [1.82, 2.24) is 0 Å². The molecule has 0 aromatic rings. The molecule has 0 atom stereocenters. The second-order valence-corrected chi connectivity index (χ2v) is 4.47. The Balaban J connectivity index is 3.23. The highest BCUT2D eigenvalue weighted by molar-refractivity contribution is 5.05. The van der Waals surface area contributed by atoms with Crippen LogP contribution in [0.1, 0.15) is 84.5 Å². The fourth-order valence-electron chi connectivity index (χ4n) is 1.58. The molecule has 0 amide bonds. The van der Waals surface area contributed by atoms with Gasteiger partial charge in [-0.05, 0) is 12.8 Å². The Labute approximate surface area is 109 Å². The van der Waals surface area contributed by atoms with Gasteiger partial charge in [0.05, 0.1) is 0 Å². The number of hydrogen-bond acceptors (Lipinski definition) is 0. The molecule has 0 aliphatic carbocycles. The van der Waals surface area contributed by atoms with Crippen LogP contribution in [0.2, 0.25) is 0 Å². The van der Waals surface area contributed by atoms with E-state index in [2.05, 4.69) is 37.5 Å². The van der Waals surface area contributed by atoms with E-state index in [0.29, 0.717) is 0 Å². The molecular formula is C17H28. The normalized spacial score (nSPS) is 9.06. The highest BCUT2D eigenvalue weighted by Gasteiger charge is 1.83. The van der Waals surface area contributed by atoms with E-state index in [1.807, 2.05) is 0 Å². The summed E-state index contributed by atoms with van der Waals surface area (Å²) in [7, 11) is 0. The molecule has 96 valence electrons. The molecule has 0 spiro atoms. The lowest BCUT2D eigenvalue weighted by molar-refractivity contribution is 0.679. The molecule has 0 aliphatic heterocycles. The second kappa shape index (κ2) is 15.1. The largest absolute Gasteiger partial charge is 0.103 e. The maximum Gasteiger partial charge on any atom is 0.0198 e. The summed E-state index contributed by atoms with van der Waals surface area (Å²) in [6, 6.07) is 0. The lowest BCUT2D eigenvalue weighted by Gasteiger charge is -1.91. The Morgan fingerprint density at radius 3 is 1.41 bits per heavy atom. The molecule has 0 saturated heterocycles. The third kappa shape index (κ3) is 15.1. The van der Waals surface area contributed by atoms with E-state index < -0.39 is 0 Å². The summed E-state index contributed by atoms with van der Waals surface area (Å²) >= 11 is 0. The monoisotopic (exact) mass is 232 g/mol. The van der Waals surface area contributed by atoms with Crippen molar-refractivity contribution in [3.63, 3.8) is 0 Å². The fraction of sp³-hybridized carbons (Fsp3) is 0.765. The van der Waals surface area contributed by atoms with E-state index in [1.54, 1.807) is 0 Å². The van der Waals surface area contributed by atoms with Crippen LogP contribution in [-0.2, 0) is 0 Å². The Kier molecular flexibility index (Phi) is 14.3. The molecule has 0 saturated carbocycles. The molecule has 0 aromatic carbocycles. The summed E-state index contributed by atoms with van der Waals surface area (Å²) in [5.74, 6) is 12.9. The van der Waals surface area contributed by atoms with Crippen LogP contribution in [0.5, 0.6) is 0 Å². The minimum absolute atomic E-state index is 0.952. The minimum Gasteiger partial charge on any atom is -0.103 e. The third-order valence-corrected chi connectivity index (χ3v) is 2.69. The van der Waals surface area contributed by atoms with E-state index in [-0.39, 0.29) is 0 Å². The summed E-state index contributed by atoms with van der Waals surface area (Å²) in [5.41, 5.74) is 0. The van der Waals surface area contributed by atoms with E-state index in [0.717, 1.165) is 25.7 Å². The number of rotatable bonds is 8. The highest BCUT2D eigenvalue weighted by atomic mass is 13.9. The van der Waals surface area contributed by atoms with Crippen LogP contribution in [0.25, 0.3) is 0 Å². The van der Waals surface area contributed by atoms with Crippen molar-refractivity contribution < 1.29 is 0 Å². The summed E-state index contributed by atoms with van der Waals surface area (Å²) < 4.78 is 0. The van der Waals surface area contributed by atoms with E-state index in [1.165, 1.54) is 44.9 Å². The van der Waals surface area contributed by atoms with Crippen LogP contribution in [0.15, 0.2) is 0 Å². The van der Waals surface area contributed by atoms with Crippen LogP contribution in [0, 0.1) is 23.7 Å². The molecule has 0 bridgehead atoms. The molecule has 0 aliphatic rings. The first kappa shape index (κ1) is 16.1. The van der Waals surface area contributed by atoms with Gasteiger partial charge in [0.2, 0.25) is 0 Å². The Morgan fingerprint density at radius 2 is 0.882 bits per heavy atom. The van der Waals surface area contributed by atoms with Gasteiger partial charge in [0.1, 0.15) is 0 Å². The van der Waals surface area contributed by atoms with Crippen molar-refractivity contribution in [3.05, 3.63) is 0 Å². The number of hydrogen-bond donors (Lipinski definition) is 0. The van der Waals surface area contributed by atoms with Crippen molar-refractivity contribution in [2.45, 2.75) is 84.5 Å². The van der Waals surface area contributed by atoms with Crippen molar-refractivity contribution >= 4 is 0 Å². The van der Waals surface area contributed by atoms with Crippen LogP contribution < -0.4 is 0 Å². The zero-order chi connectivity index (χ0) is 12.6. The van der Waals surface area contributed by atoms with Gasteiger partial charge in [0, 0.05) is 25.7 Å². The predicted octanol–water partition coefficient (Wildman–Crippen LogP) is 5.32. The standard InChI is InChI=1S/C17H28/c1-3-5-7-9-11-13-15-17-16-14-12-10-8-6-4-2/h3-11,16-17H2,1-2H3. The molecule has 0 heterocycles. The molecule has 0 unspecified atom stereocenters. The van der Waals surface area contributed by atoms with E-state index in [9.17, 15) is 0 Å². The smallest absolute Gasteiger partial charge is 0.0198 e. The average molecular weight is 232 g/mol. The minimum atomic E-state index is 0.952. The first-order valence-electron chi connectivity index (χ1n) is 7.33. The molecule has 17 heavy (non-hydrogen) atoms. The lowest BCUT2D eigenvalue weighted by Crippen LogP contribution is -1.74. The van der Waals surface area contributed by atoms with E-state index >= 15 is 0 Å². The van der Waals surface area contributed by atoms with Crippen molar-refractivity contribution in [2.24, 2.45) is 0 Å². The van der Waals surface area contributed by atoms with Gasteiger partial charge in [-0.25, -0.2) is 0 Å². The highest BCUT2D eigenvalue weighted by Crippen LogP contribution is 2.01. The SMILES string of the molecule is CCCCCC#CCCC#CCCCCCC. The molecule has 0 radical (unpaired) electrons. The Hall–Kier alpha value is -0.880. The maximum absolute atomic E-state index is 3.24. The molecule has 0 heteroatoms. The number of unbranched alkanes of at least 4 members (excludes halogenated alkanes) is 8. The van der Waals surface area contributed by atoms with Gasteiger partial charge < -0.3 is 0 Å². The molecular weight excluding hydrogens is 204 g/mol. The molecule has 0 fully saturated rings. The Morgan fingerprint density at radius 1 is 0.471 bits per heavy atom. The first-order valence-corrected chi connectivity index (χ1v) is 7.33. The quantitative estimate of drug-likeness (QED) is 0.392. The molecule has 0 N–H and O–H groups in total. The van der Waals surface area contributed by atoms with Gasteiger partial charge in [-0.3, -0.25) is 0 Å². The first-order chi connectivity index (χ1) is 8.41. The van der Waals surface area contributed by atoms with Crippen LogP contribution in [0.3, 0.4) is 0 Å². The maximum atomic E-state index is 3.24. The molecule has 0 rings (SSSR count). The van der Waals surface area contributed by atoms with Gasteiger partial charge in [-0.15, -0.1) is 23.7 Å². The summed E-state index contributed by atoms with van der Waals surface area (Å²) in [6.07, 6.45) is 13.2. The van der Waals surface area contributed by atoms with Gasteiger partial charge in [0.25, 0.3) is 0 Å². The summed E-state index contributed by atoms with van der Waals surface area (Å²) in [5, 5.41) is 0. The summed E-state index contributed by atoms with van der Waals surface area (Å²) in [4.78, 5) is 0. The van der Waals surface area contributed by atoms with Crippen molar-refractivity contribution in [3.8, 4) is 23.7 Å². The fourth-order valence-corrected chi connectivity index (χ4v) is 1.58. The topological polar surface area (TPSA) is 0 Å². The van der Waals surface area contributed by atoms with Gasteiger partial charge in [-0.1, -0.05) is 46.0 Å². The molecule has 0 nitrogen and oxygen atoms in total. The zero-order valence-electron chi connectivity index (χ0n) is 11.8. The Bertz CT molecular complexity index is 253. The van der Waals surface area contributed by atoms with Gasteiger partial charge in [-0.2, -0.15) is 0 Å². The van der Waals surface area contributed by atoms with Gasteiger partial charge in [0.15, 0.2) is 0 Å². The zero-order valence-corrected chi connectivity index (χ0v) is 11.8. The van der Waals surface area contributed by atoms with Crippen LogP contribution >= 0.6 is 0 Å². The lowest BCUT2D eigenvalue weighted by atomic mass is 10.1. The van der Waals surface area contributed by atoms with E-state index in [4.69, 9.17) is 0 Å². The third-order valence-electron chi connectivity index (χ3n) is 2.69.